The van der Waals surface area contributed by atoms with Gasteiger partial charge in [0.1, 0.15) is 6.04 Å². The van der Waals surface area contributed by atoms with Gasteiger partial charge in [-0.05, 0) is 18.3 Å². The van der Waals surface area contributed by atoms with Gasteiger partial charge in [0.05, 0.1) is 6.61 Å². The number of amides is 2. The van der Waals surface area contributed by atoms with Crippen LogP contribution in [0.15, 0.2) is 0 Å². The number of hydrogen-bond acceptors (Lipinski definition) is 4. The fraction of sp³-hybridized carbons (Fsp3) is 0.750. The molecule has 0 bridgehead atoms. The highest BCUT2D eigenvalue weighted by Crippen LogP contribution is 2.21. The smallest absolute Gasteiger partial charge is 0.417 e. The molecular weight excluding hydrogens is 238 g/mol. The monoisotopic (exact) mass is 257 g/mol. The van der Waals surface area contributed by atoms with Crippen molar-refractivity contribution < 1.29 is 24.2 Å². The van der Waals surface area contributed by atoms with E-state index in [2.05, 4.69) is 0 Å². The number of hydrogen-bond donors (Lipinski definition) is 1. The third kappa shape index (κ3) is 3.72. The van der Waals surface area contributed by atoms with E-state index in [9.17, 15) is 14.4 Å². The van der Waals surface area contributed by atoms with E-state index in [-0.39, 0.29) is 24.9 Å². The zero-order valence-electron chi connectivity index (χ0n) is 10.9. The summed E-state index contributed by atoms with van der Waals surface area (Å²) in [7, 11) is 0. The molecule has 6 nitrogen and oxygen atoms in total. The average Bonchev–Trinajstić information content (AvgIpc) is 2.58. The second-order valence-electron chi connectivity index (χ2n) is 5.58. The number of carboxylic acids is 1. The zero-order chi connectivity index (χ0) is 13.9. The third-order valence-electron chi connectivity index (χ3n) is 2.77. The van der Waals surface area contributed by atoms with Gasteiger partial charge in [-0.15, -0.1) is 0 Å². The van der Waals surface area contributed by atoms with Gasteiger partial charge in [0.15, 0.2) is 0 Å². The standard InChI is InChI=1S/C12H19NO5/c1-12(2,3)6-7-18-11(17)13-8(10(15)16)4-5-9(13)14/h8H,4-7H2,1-3H3,(H,15,16)/t8-/m0/s1. The molecule has 6 heteroatoms. The van der Waals surface area contributed by atoms with Crippen LogP contribution in [0.25, 0.3) is 0 Å². The summed E-state index contributed by atoms with van der Waals surface area (Å²) < 4.78 is 4.96. The molecule has 0 aliphatic carbocycles. The molecule has 0 saturated carbocycles. The highest BCUT2D eigenvalue weighted by molar-refractivity contribution is 5.99. The summed E-state index contributed by atoms with van der Waals surface area (Å²) in [6, 6.07) is -1.08. The molecule has 0 aromatic rings. The number of carbonyl (C=O) groups is 3. The van der Waals surface area contributed by atoms with Crippen LogP contribution in [0.4, 0.5) is 4.79 Å². The van der Waals surface area contributed by atoms with Crippen molar-refractivity contribution in [2.24, 2.45) is 5.41 Å². The third-order valence-corrected chi connectivity index (χ3v) is 2.77. The van der Waals surface area contributed by atoms with Crippen LogP contribution in [0.3, 0.4) is 0 Å². The van der Waals surface area contributed by atoms with Gasteiger partial charge in [0.2, 0.25) is 5.91 Å². The van der Waals surface area contributed by atoms with Crippen LogP contribution in [-0.2, 0) is 14.3 Å². The molecule has 0 aromatic carbocycles. The number of imide groups is 1. The van der Waals surface area contributed by atoms with Crippen LogP contribution in [-0.4, -0.2) is 40.6 Å². The van der Waals surface area contributed by atoms with Crippen LogP contribution >= 0.6 is 0 Å². The number of aliphatic carboxylic acids is 1. The minimum Gasteiger partial charge on any atom is -0.480 e. The van der Waals surface area contributed by atoms with Crippen LogP contribution in [0, 0.1) is 5.41 Å². The maximum atomic E-state index is 11.7. The quantitative estimate of drug-likeness (QED) is 0.830. The van der Waals surface area contributed by atoms with E-state index in [0.717, 1.165) is 0 Å². The predicted molar refractivity (Wildman–Crippen MR) is 62.9 cm³/mol. The Labute approximate surface area is 106 Å². The second kappa shape index (κ2) is 5.37. The lowest BCUT2D eigenvalue weighted by Gasteiger charge is -2.21. The molecule has 102 valence electrons. The molecule has 1 saturated heterocycles. The maximum Gasteiger partial charge on any atom is 0.417 e. The van der Waals surface area contributed by atoms with E-state index >= 15 is 0 Å². The van der Waals surface area contributed by atoms with Crippen molar-refractivity contribution in [3.63, 3.8) is 0 Å². The topological polar surface area (TPSA) is 83.9 Å². The Kier molecular flexibility index (Phi) is 4.32. The van der Waals surface area contributed by atoms with Crippen molar-refractivity contribution in [3.05, 3.63) is 0 Å². The van der Waals surface area contributed by atoms with Crippen molar-refractivity contribution >= 4 is 18.0 Å². The molecule has 18 heavy (non-hydrogen) atoms. The molecule has 0 unspecified atom stereocenters. The summed E-state index contributed by atoms with van der Waals surface area (Å²) in [5, 5.41) is 8.90. The van der Waals surface area contributed by atoms with Gasteiger partial charge < -0.3 is 9.84 Å². The fourth-order valence-corrected chi connectivity index (χ4v) is 1.66. The normalized spacial score (nSPS) is 20.1. The fourth-order valence-electron chi connectivity index (χ4n) is 1.66. The molecule has 1 heterocycles. The number of nitrogens with zero attached hydrogens (tertiary/aromatic N) is 1. The number of likely N-dealkylation sites (tertiary alicyclic amines) is 1. The first kappa shape index (κ1) is 14.5. The van der Waals surface area contributed by atoms with Gasteiger partial charge in [-0.3, -0.25) is 4.79 Å². The lowest BCUT2D eigenvalue weighted by molar-refractivity contribution is -0.145. The van der Waals surface area contributed by atoms with E-state index in [4.69, 9.17) is 9.84 Å². The summed E-state index contributed by atoms with van der Waals surface area (Å²) in [6.45, 7) is 6.18. The van der Waals surface area contributed by atoms with Crippen molar-refractivity contribution in [3.8, 4) is 0 Å². The van der Waals surface area contributed by atoms with Crippen LogP contribution in [0.2, 0.25) is 0 Å². The molecule has 1 aliphatic heterocycles. The Morgan fingerprint density at radius 3 is 2.56 bits per heavy atom. The van der Waals surface area contributed by atoms with Gasteiger partial charge in [0.25, 0.3) is 0 Å². The highest BCUT2D eigenvalue weighted by atomic mass is 16.6. The Bertz CT molecular complexity index is 358. The molecule has 2 amide bonds. The zero-order valence-corrected chi connectivity index (χ0v) is 10.9. The Balaban J connectivity index is 2.54. The lowest BCUT2D eigenvalue weighted by atomic mass is 9.93. The van der Waals surface area contributed by atoms with Gasteiger partial charge in [-0.1, -0.05) is 20.8 Å². The number of rotatable bonds is 3. The summed E-state index contributed by atoms with van der Waals surface area (Å²) in [4.78, 5) is 34.7. The molecule has 0 spiro atoms. The van der Waals surface area contributed by atoms with E-state index in [1.807, 2.05) is 20.8 Å². The molecule has 1 N–H and O–H groups in total. The molecule has 1 aliphatic rings. The molecular formula is C12H19NO5. The number of carboxylic acid groups (broad SMARTS) is 1. The first-order chi connectivity index (χ1) is 8.22. The van der Waals surface area contributed by atoms with Crippen molar-refractivity contribution in [1.82, 2.24) is 4.90 Å². The lowest BCUT2D eigenvalue weighted by Crippen LogP contribution is -2.43. The van der Waals surface area contributed by atoms with Gasteiger partial charge >= 0.3 is 12.1 Å². The predicted octanol–water partition coefficient (Wildman–Crippen LogP) is 1.63. The minimum absolute atomic E-state index is 0.0154. The summed E-state index contributed by atoms with van der Waals surface area (Å²) >= 11 is 0. The van der Waals surface area contributed by atoms with Crippen molar-refractivity contribution in [2.75, 3.05) is 6.61 Å². The Morgan fingerprint density at radius 2 is 2.06 bits per heavy atom. The Morgan fingerprint density at radius 1 is 1.44 bits per heavy atom. The highest BCUT2D eigenvalue weighted by Gasteiger charge is 2.41. The van der Waals surface area contributed by atoms with Crippen molar-refractivity contribution in [1.29, 1.82) is 0 Å². The van der Waals surface area contributed by atoms with E-state index in [1.54, 1.807) is 0 Å². The number of carbonyl (C=O) groups excluding carboxylic acids is 2. The van der Waals surface area contributed by atoms with Crippen LogP contribution in [0.5, 0.6) is 0 Å². The SMILES string of the molecule is CC(C)(C)CCOC(=O)N1C(=O)CC[C@H]1C(=O)O. The van der Waals surface area contributed by atoms with Gasteiger partial charge in [-0.25, -0.2) is 14.5 Å². The van der Waals surface area contributed by atoms with Gasteiger partial charge in [-0.2, -0.15) is 0 Å². The van der Waals surface area contributed by atoms with E-state index < -0.39 is 24.0 Å². The maximum absolute atomic E-state index is 11.7. The molecule has 0 aromatic heterocycles. The minimum atomic E-state index is -1.17. The molecule has 1 rings (SSSR count). The molecule has 0 radical (unpaired) electrons. The largest absolute Gasteiger partial charge is 0.480 e. The first-order valence-electron chi connectivity index (χ1n) is 5.94. The first-order valence-corrected chi connectivity index (χ1v) is 5.94. The van der Waals surface area contributed by atoms with E-state index in [0.29, 0.717) is 11.3 Å². The molecule has 1 atom stereocenters. The van der Waals surface area contributed by atoms with Crippen LogP contribution < -0.4 is 0 Å². The van der Waals surface area contributed by atoms with Gasteiger partial charge in [0, 0.05) is 6.42 Å². The van der Waals surface area contributed by atoms with E-state index in [1.165, 1.54) is 0 Å². The second-order valence-corrected chi connectivity index (χ2v) is 5.58. The van der Waals surface area contributed by atoms with Crippen LogP contribution in [0.1, 0.15) is 40.0 Å². The summed E-state index contributed by atoms with van der Waals surface area (Å²) in [5.74, 6) is -1.66. The molecule has 1 fully saturated rings. The number of ether oxygens (including phenoxy) is 1. The Hall–Kier alpha value is -1.59. The average molecular weight is 257 g/mol. The summed E-state index contributed by atoms with van der Waals surface area (Å²) in [5.41, 5.74) is 0.0154. The summed E-state index contributed by atoms with van der Waals surface area (Å²) in [6.07, 6.45) is 0.0287. The van der Waals surface area contributed by atoms with Crippen molar-refractivity contribution in [2.45, 2.75) is 46.1 Å².